The molecule has 6 nitrogen and oxygen atoms in total. The molecule has 4 N–H and O–H groups in total. The Kier molecular flexibility index (Phi) is 5.43. The van der Waals surface area contributed by atoms with E-state index in [4.69, 9.17) is 10.2 Å². The molecule has 2 amide bonds. The van der Waals surface area contributed by atoms with Gasteiger partial charge in [0.05, 0.1) is 12.1 Å². The Morgan fingerprint density at radius 2 is 1.29 bits per heavy atom. The van der Waals surface area contributed by atoms with Gasteiger partial charge in [-0.25, -0.2) is 9.59 Å². The van der Waals surface area contributed by atoms with E-state index in [1.54, 1.807) is 13.8 Å². The summed E-state index contributed by atoms with van der Waals surface area (Å²) in [6.45, 7) is 3.60. The van der Waals surface area contributed by atoms with E-state index in [9.17, 15) is 9.59 Å². The normalized spacial score (nSPS) is 14.1. The predicted octanol–water partition coefficient (Wildman–Crippen LogP) is 1.08. The van der Waals surface area contributed by atoms with Gasteiger partial charge in [0.15, 0.2) is 0 Å². The first-order chi connectivity index (χ1) is 6.51. The maximum absolute atomic E-state index is 10.4. The fourth-order valence-electron chi connectivity index (χ4n) is 1.29. The van der Waals surface area contributed by atoms with Crippen LogP contribution < -0.4 is 10.6 Å². The van der Waals surface area contributed by atoms with Crippen LogP contribution in [0.15, 0.2) is 0 Å². The van der Waals surface area contributed by atoms with Gasteiger partial charge in [0.1, 0.15) is 0 Å². The van der Waals surface area contributed by atoms with Crippen LogP contribution >= 0.6 is 0 Å². The van der Waals surface area contributed by atoms with Crippen molar-refractivity contribution in [1.29, 1.82) is 0 Å². The Morgan fingerprint density at radius 1 is 1.00 bits per heavy atom. The first kappa shape index (κ1) is 12.5. The molecule has 0 aromatic rings. The summed E-state index contributed by atoms with van der Waals surface area (Å²) in [6, 6.07) is -0.762. The fraction of sp³-hybridized carbons (Fsp3) is 0.750. The first-order valence-corrected chi connectivity index (χ1v) is 4.50. The van der Waals surface area contributed by atoms with Gasteiger partial charge in [-0.3, -0.25) is 0 Å². The molecule has 2 unspecified atom stereocenters. The SMILES string of the molecule is CCC(NC(=O)O)C(CC)NC(=O)O. The van der Waals surface area contributed by atoms with Crippen molar-refractivity contribution in [2.75, 3.05) is 0 Å². The lowest BCUT2D eigenvalue weighted by molar-refractivity contribution is 0.174. The van der Waals surface area contributed by atoms with E-state index in [0.29, 0.717) is 12.8 Å². The van der Waals surface area contributed by atoms with E-state index in [1.807, 2.05) is 0 Å². The van der Waals surface area contributed by atoms with Gasteiger partial charge in [0.2, 0.25) is 0 Å². The fourth-order valence-corrected chi connectivity index (χ4v) is 1.29. The minimum Gasteiger partial charge on any atom is -0.465 e. The maximum Gasteiger partial charge on any atom is 0.404 e. The topological polar surface area (TPSA) is 98.7 Å². The Hall–Kier alpha value is -1.46. The van der Waals surface area contributed by atoms with Gasteiger partial charge >= 0.3 is 12.2 Å². The van der Waals surface area contributed by atoms with Crippen molar-refractivity contribution in [3.63, 3.8) is 0 Å². The van der Waals surface area contributed by atoms with Crippen LogP contribution in [0.4, 0.5) is 9.59 Å². The van der Waals surface area contributed by atoms with Crippen molar-refractivity contribution in [2.24, 2.45) is 0 Å². The lowest BCUT2D eigenvalue weighted by Crippen LogP contribution is -2.50. The molecule has 14 heavy (non-hydrogen) atoms. The Bertz CT molecular complexity index is 186. The Labute approximate surface area is 82.3 Å². The van der Waals surface area contributed by atoms with Crippen LogP contribution in [-0.2, 0) is 0 Å². The van der Waals surface area contributed by atoms with Gasteiger partial charge in [0, 0.05) is 0 Å². The molecular formula is C8H16N2O4. The van der Waals surface area contributed by atoms with Crippen LogP contribution in [0.25, 0.3) is 0 Å². The van der Waals surface area contributed by atoms with E-state index < -0.39 is 12.2 Å². The van der Waals surface area contributed by atoms with Crippen molar-refractivity contribution in [3.05, 3.63) is 0 Å². The number of amides is 2. The van der Waals surface area contributed by atoms with Crippen LogP contribution in [0.5, 0.6) is 0 Å². The van der Waals surface area contributed by atoms with Crippen LogP contribution in [0.2, 0.25) is 0 Å². The van der Waals surface area contributed by atoms with Gasteiger partial charge in [0.25, 0.3) is 0 Å². The zero-order valence-corrected chi connectivity index (χ0v) is 8.28. The second-order valence-corrected chi connectivity index (χ2v) is 2.93. The summed E-state index contributed by atoms with van der Waals surface area (Å²) < 4.78 is 0. The molecule has 0 rings (SSSR count). The van der Waals surface area contributed by atoms with Crippen molar-refractivity contribution in [2.45, 2.75) is 38.8 Å². The molecule has 0 saturated heterocycles. The number of hydrogen-bond donors (Lipinski definition) is 4. The van der Waals surface area contributed by atoms with Crippen molar-refractivity contribution in [1.82, 2.24) is 10.6 Å². The van der Waals surface area contributed by atoms with Crippen molar-refractivity contribution >= 4 is 12.2 Å². The van der Waals surface area contributed by atoms with E-state index in [-0.39, 0.29) is 12.1 Å². The summed E-state index contributed by atoms with van der Waals surface area (Å²) in [6.07, 6.45) is -1.18. The number of carbonyl (C=O) groups is 2. The number of rotatable bonds is 5. The lowest BCUT2D eigenvalue weighted by Gasteiger charge is -2.24. The smallest absolute Gasteiger partial charge is 0.404 e. The maximum atomic E-state index is 10.4. The molecule has 0 spiro atoms. The average Bonchev–Trinajstić information content (AvgIpc) is 2.10. The Balaban J connectivity index is 4.28. The van der Waals surface area contributed by atoms with Crippen LogP contribution in [-0.4, -0.2) is 34.5 Å². The average molecular weight is 204 g/mol. The van der Waals surface area contributed by atoms with E-state index in [1.165, 1.54) is 0 Å². The number of nitrogens with one attached hydrogen (secondary N) is 2. The highest BCUT2D eigenvalue weighted by Gasteiger charge is 2.21. The number of carboxylic acid groups (broad SMARTS) is 2. The minimum atomic E-state index is -1.14. The lowest BCUT2D eigenvalue weighted by atomic mass is 10.0. The van der Waals surface area contributed by atoms with Gasteiger partial charge in [-0.1, -0.05) is 13.8 Å². The molecule has 0 aliphatic heterocycles. The molecule has 0 heterocycles. The summed E-state index contributed by atoms with van der Waals surface area (Å²) in [5.41, 5.74) is 0. The zero-order valence-electron chi connectivity index (χ0n) is 8.28. The largest absolute Gasteiger partial charge is 0.465 e. The highest BCUT2D eigenvalue weighted by atomic mass is 16.4. The highest BCUT2D eigenvalue weighted by molar-refractivity contribution is 5.66. The predicted molar refractivity (Wildman–Crippen MR) is 50.5 cm³/mol. The van der Waals surface area contributed by atoms with E-state index in [2.05, 4.69) is 10.6 Å². The summed E-state index contributed by atoms with van der Waals surface area (Å²) in [5.74, 6) is 0. The first-order valence-electron chi connectivity index (χ1n) is 4.50. The van der Waals surface area contributed by atoms with E-state index >= 15 is 0 Å². The molecule has 0 fully saturated rings. The molecule has 0 radical (unpaired) electrons. The summed E-state index contributed by atoms with van der Waals surface area (Å²) in [7, 11) is 0. The third kappa shape index (κ3) is 4.54. The minimum absolute atomic E-state index is 0.381. The molecule has 0 aromatic heterocycles. The molecule has 2 atom stereocenters. The van der Waals surface area contributed by atoms with Crippen LogP contribution in [0.3, 0.4) is 0 Å². The van der Waals surface area contributed by atoms with Crippen LogP contribution in [0, 0.1) is 0 Å². The highest BCUT2D eigenvalue weighted by Crippen LogP contribution is 2.03. The molecule has 0 aliphatic rings. The second kappa shape index (κ2) is 6.06. The van der Waals surface area contributed by atoms with E-state index in [0.717, 1.165) is 0 Å². The molecule has 82 valence electrons. The number of hydrogen-bond acceptors (Lipinski definition) is 2. The van der Waals surface area contributed by atoms with Crippen molar-refractivity contribution in [3.8, 4) is 0 Å². The third-order valence-corrected chi connectivity index (χ3v) is 1.98. The van der Waals surface area contributed by atoms with Gasteiger partial charge < -0.3 is 20.8 Å². The molecule has 0 aliphatic carbocycles. The van der Waals surface area contributed by atoms with Crippen LogP contribution in [0.1, 0.15) is 26.7 Å². The van der Waals surface area contributed by atoms with Crippen molar-refractivity contribution < 1.29 is 19.8 Å². The monoisotopic (exact) mass is 204 g/mol. The molecule has 0 bridgehead atoms. The Morgan fingerprint density at radius 3 is 1.43 bits per heavy atom. The quantitative estimate of drug-likeness (QED) is 0.538. The summed E-state index contributed by atoms with van der Waals surface area (Å²) >= 11 is 0. The van der Waals surface area contributed by atoms with Gasteiger partial charge in [-0.2, -0.15) is 0 Å². The van der Waals surface area contributed by atoms with Gasteiger partial charge in [-0.05, 0) is 12.8 Å². The molecule has 0 aromatic carbocycles. The molecule has 6 heteroatoms. The summed E-state index contributed by atoms with van der Waals surface area (Å²) in [4.78, 5) is 20.8. The molecule has 0 saturated carbocycles. The summed E-state index contributed by atoms with van der Waals surface area (Å²) in [5, 5.41) is 21.6. The standard InChI is InChI=1S/C8H16N2O4/c1-3-5(9-7(11)12)6(4-2)10-8(13)14/h5-6,9-10H,3-4H2,1-2H3,(H,11,12)(H,13,14). The zero-order chi connectivity index (χ0) is 11.1. The van der Waals surface area contributed by atoms with Gasteiger partial charge in [-0.15, -0.1) is 0 Å². The molecular weight excluding hydrogens is 188 g/mol. The second-order valence-electron chi connectivity index (χ2n) is 2.93. The third-order valence-electron chi connectivity index (χ3n) is 1.98.